The van der Waals surface area contributed by atoms with Crippen LogP contribution in [0.15, 0.2) is 47.4 Å². The first-order valence-electron chi connectivity index (χ1n) is 8.04. The zero-order chi connectivity index (χ0) is 19.3. The second-order valence-corrected chi connectivity index (χ2v) is 7.57. The molecule has 2 aromatic carbocycles. The zero-order valence-electron chi connectivity index (χ0n) is 14.9. The van der Waals surface area contributed by atoms with Gasteiger partial charge in [-0.05, 0) is 49.9 Å². The van der Waals surface area contributed by atoms with Crippen LogP contribution in [0, 0.1) is 12.7 Å². The SMILES string of the molecule is CNCCN(C)C(=O)c1ccccc1NS(=O)(=O)c1ccc(F)c(C)c1. The van der Waals surface area contributed by atoms with E-state index < -0.39 is 15.8 Å². The topological polar surface area (TPSA) is 78.5 Å². The highest BCUT2D eigenvalue weighted by Crippen LogP contribution is 2.22. The second kappa shape index (κ2) is 8.29. The molecule has 26 heavy (non-hydrogen) atoms. The van der Waals surface area contributed by atoms with Crippen molar-refractivity contribution in [1.82, 2.24) is 10.2 Å². The molecule has 2 N–H and O–H groups in total. The summed E-state index contributed by atoms with van der Waals surface area (Å²) in [5, 5.41) is 2.95. The van der Waals surface area contributed by atoms with E-state index in [1.807, 2.05) is 0 Å². The van der Waals surface area contributed by atoms with Gasteiger partial charge in [0, 0.05) is 20.1 Å². The molecule has 0 aliphatic rings. The maximum Gasteiger partial charge on any atom is 0.261 e. The Morgan fingerprint density at radius 2 is 1.88 bits per heavy atom. The van der Waals surface area contributed by atoms with E-state index in [-0.39, 0.29) is 27.6 Å². The van der Waals surface area contributed by atoms with Crippen molar-refractivity contribution in [2.45, 2.75) is 11.8 Å². The van der Waals surface area contributed by atoms with Crippen LogP contribution in [0.3, 0.4) is 0 Å². The molecular weight excluding hydrogens is 357 g/mol. The number of carbonyl (C=O) groups excluding carboxylic acids is 1. The third-order valence-corrected chi connectivity index (χ3v) is 5.25. The van der Waals surface area contributed by atoms with Crippen LogP contribution in [0.25, 0.3) is 0 Å². The van der Waals surface area contributed by atoms with Crippen molar-refractivity contribution in [3.05, 3.63) is 59.4 Å². The molecule has 0 aromatic heterocycles. The number of sulfonamides is 1. The third-order valence-electron chi connectivity index (χ3n) is 3.89. The van der Waals surface area contributed by atoms with Gasteiger partial charge in [0.05, 0.1) is 16.1 Å². The summed E-state index contributed by atoms with van der Waals surface area (Å²) in [6.07, 6.45) is 0. The third kappa shape index (κ3) is 4.59. The number of carbonyl (C=O) groups is 1. The van der Waals surface area contributed by atoms with Gasteiger partial charge in [-0.15, -0.1) is 0 Å². The molecule has 140 valence electrons. The predicted molar refractivity (Wildman–Crippen MR) is 99.3 cm³/mol. The van der Waals surface area contributed by atoms with Gasteiger partial charge < -0.3 is 10.2 Å². The predicted octanol–water partition coefficient (Wildman–Crippen LogP) is 2.23. The summed E-state index contributed by atoms with van der Waals surface area (Å²) in [5.41, 5.74) is 0.647. The van der Waals surface area contributed by atoms with E-state index in [0.29, 0.717) is 13.1 Å². The number of halogens is 1. The number of anilines is 1. The first-order valence-corrected chi connectivity index (χ1v) is 9.52. The Hall–Kier alpha value is -2.45. The van der Waals surface area contributed by atoms with Crippen molar-refractivity contribution in [2.24, 2.45) is 0 Å². The first-order chi connectivity index (χ1) is 12.3. The molecule has 0 radical (unpaired) electrons. The monoisotopic (exact) mass is 379 g/mol. The van der Waals surface area contributed by atoms with Crippen molar-refractivity contribution < 1.29 is 17.6 Å². The molecule has 0 aliphatic heterocycles. The zero-order valence-corrected chi connectivity index (χ0v) is 15.7. The molecule has 0 bridgehead atoms. The molecule has 0 spiro atoms. The van der Waals surface area contributed by atoms with Crippen molar-refractivity contribution in [1.29, 1.82) is 0 Å². The fraction of sp³-hybridized carbons (Fsp3) is 0.278. The number of rotatable bonds is 7. The van der Waals surface area contributed by atoms with E-state index in [1.165, 1.54) is 30.0 Å². The Labute approximate surface area is 153 Å². The van der Waals surface area contributed by atoms with Gasteiger partial charge in [-0.3, -0.25) is 9.52 Å². The van der Waals surface area contributed by atoms with Crippen molar-refractivity contribution in [3.8, 4) is 0 Å². The Balaban J connectivity index is 2.32. The fourth-order valence-electron chi connectivity index (χ4n) is 2.33. The van der Waals surface area contributed by atoms with Crippen LogP contribution in [-0.4, -0.2) is 46.4 Å². The summed E-state index contributed by atoms with van der Waals surface area (Å²) >= 11 is 0. The lowest BCUT2D eigenvalue weighted by Gasteiger charge is -2.19. The minimum atomic E-state index is -3.95. The second-order valence-electron chi connectivity index (χ2n) is 5.89. The van der Waals surface area contributed by atoms with E-state index in [2.05, 4.69) is 10.0 Å². The standard InChI is InChI=1S/C18H22FN3O3S/c1-13-12-14(8-9-16(13)19)26(24,25)21-17-7-5-4-6-15(17)18(23)22(3)11-10-20-2/h4-9,12,20-21H,10-11H2,1-3H3. The molecular formula is C18H22FN3O3S. The molecule has 0 atom stereocenters. The van der Waals surface area contributed by atoms with E-state index in [1.54, 1.807) is 32.3 Å². The molecule has 0 aliphatic carbocycles. The molecule has 2 aromatic rings. The minimum Gasteiger partial charge on any atom is -0.340 e. The smallest absolute Gasteiger partial charge is 0.261 e. The van der Waals surface area contributed by atoms with Gasteiger partial charge in [0.1, 0.15) is 5.82 Å². The van der Waals surface area contributed by atoms with Gasteiger partial charge in [-0.25, -0.2) is 12.8 Å². The van der Waals surface area contributed by atoms with Crippen LogP contribution in [0.2, 0.25) is 0 Å². The van der Waals surface area contributed by atoms with Gasteiger partial charge in [0.25, 0.3) is 15.9 Å². The van der Waals surface area contributed by atoms with Gasteiger partial charge in [-0.1, -0.05) is 12.1 Å². The van der Waals surface area contributed by atoms with Gasteiger partial charge in [-0.2, -0.15) is 0 Å². The number of hydrogen-bond acceptors (Lipinski definition) is 4. The number of benzene rings is 2. The number of aryl methyl sites for hydroxylation is 1. The highest BCUT2D eigenvalue weighted by Gasteiger charge is 2.21. The Morgan fingerprint density at radius 1 is 1.19 bits per heavy atom. The number of nitrogens with one attached hydrogen (secondary N) is 2. The van der Waals surface area contributed by atoms with Gasteiger partial charge in [0.15, 0.2) is 0 Å². The van der Waals surface area contributed by atoms with Crippen LogP contribution >= 0.6 is 0 Å². The molecule has 1 amide bonds. The van der Waals surface area contributed by atoms with Crippen LogP contribution in [0.4, 0.5) is 10.1 Å². The molecule has 8 heteroatoms. The number of likely N-dealkylation sites (N-methyl/N-ethyl adjacent to an activating group) is 2. The maximum atomic E-state index is 13.4. The van der Waals surface area contributed by atoms with E-state index in [0.717, 1.165) is 6.07 Å². The summed E-state index contributed by atoms with van der Waals surface area (Å²) in [6, 6.07) is 9.93. The Morgan fingerprint density at radius 3 is 2.54 bits per heavy atom. The number of nitrogens with zero attached hydrogens (tertiary/aromatic N) is 1. The van der Waals surface area contributed by atoms with Gasteiger partial charge in [0.2, 0.25) is 0 Å². The number of hydrogen-bond donors (Lipinski definition) is 2. The molecule has 2 rings (SSSR count). The van der Waals surface area contributed by atoms with Crippen LogP contribution < -0.4 is 10.0 Å². The molecule has 0 heterocycles. The highest BCUT2D eigenvalue weighted by molar-refractivity contribution is 7.92. The van der Waals surface area contributed by atoms with Crippen molar-refractivity contribution >= 4 is 21.6 Å². The van der Waals surface area contributed by atoms with Gasteiger partial charge >= 0.3 is 0 Å². The molecule has 0 fully saturated rings. The number of para-hydroxylation sites is 1. The fourth-order valence-corrected chi connectivity index (χ4v) is 3.50. The summed E-state index contributed by atoms with van der Waals surface area (Å²) in [7, 11) is -0.521. The lowest BCUT2D eigenvalue weighted by Crippen LogP contribution is -2.33. The summed E-state index contributed by atoms with van der Waals surface area (Å²) in [4.78, 5) is 14.0. The largest absolute Gasteiger partial charge is 0.340 e. The molecule has 0 saturated carbocycles. The minimum absolute atomic E-state index is 0.0674. The normalized spacial score (nSPS) is 11.2. The van der Waals surface area contributed by atoms with Crippen LogP contribution in [0.5, 0.6) is 0 Å². The van der Waals surface area contributed by atoms with Crippen LogP contribution in [-0.2, 0) is 10.0 Å². The number of amides is 1. The lowest BCUT2D eigenvalue weighted by molar-refractivity contribution is 0.0798. The first kappa shape index (κ1) is 19.9. The van der Waals surface area contributed by atoms with E-state index >= 15 is 0 Å². The van der Waals surface area contributed by atoms with E-state index in [9.17, 15) is 17.6 Å². The highest BCUT2D eigenvalue weighted by atomic mass is 32.2. The van der Waals surface area contributed by atoms with Crippen molar-refractivity contribution in [2.75, 3.05) is 31.9 Å². The van der Waals surface area contributed by atoms with Crippen molar-refractivity contribution in [3.63, 3.8) is 0 Å². The maximum absolute atomic E-state index is 13.4. The summed E-state index contributed by atoms with van der Waals surface area (Å²) in [6.45, 7) is 2.58. The molecule has 0 saturated heterocycles. The van der Waals surface area contributed by atoms with Crippen LogP contribution in [0.1, 0.15) is 15.9 Å². The lowest BCUT2D eigenvalue weighted by atomic mass is 10.1. The average Bonchev–Trinajstić information content (AvgIpc) is 2.61. The molecule has 6 nitrogen and oxygen atoms in total. The summed E-state index contributed by atoms with van der Waals surface area (Å²) < 4.78 is 41.1. The summed E-state index contributed by atoms with van der Waals surface area (Å²) in [5.74, 6) is -0.778. The molecule has 0 unspecified atom stereocenters. The Kier molecular flexibility index (Phi) is 6.33. The average molecular weight is 379 g/mol. The Bertz CT molecular complexity index is 900. The van der Waals surface area contributed by atoms with E-state index in [4.69, 9.17) is 0 Å². The quantitative estimate of drug-likeness (QED) is 0.773.